The van der Waals surface area contributed by atoms with Gasteiger partial charge in [-0.2, -0.15) is 0 Å². The van der Waals surface area contributed by atoms with E-state index in [0.29, 0.717) is 6.61 Å². The number of hydrogen-bond acceptors (Lipinski definition) is 9. The van der Waals surface area contributed by atoms with Gasteiger partial charge in [-0.15, -0.1) is 0 Å². The third kappa shape index (κ3) is 3.51. The van der Waals surface area contributed by atoms with Gasteiger partial charge < -0.3 is 28.8 Å². The summed E-state index contributed by atoms with van der Waals surface area (Å²) in [5.41, 5.74) is -2.00. The monoisotopic (exact) mass is 466 g/mol. The van der Waals surface area contributed by atoms with Crippen molar-refractivity contribution in [3.63, 3.8) is 0 Å². The highest BCUT2D eigenvalue weighted by molar-refractivity contribution is 5.70. The normalized spacial score (nSPS) is 43.0. The lowest BCUT2D eigenvalue weighted by molar-refractivity contribution is -0.241. The topological polar surface area (TPSA) is 121 Å². The van der Waals surface area contributed by atoms with Gasteiger partial charge in [0.2, 0.25) is 0 Å². The predicted molar refractivity (Wildman–Crippen MR) is 114 cm³/mol. The SMILES string of the molecule is CC(=O)OC[C@]12C[C@H](OC(=O)CC(C)C)C(C)=CC1OC1[C@H](O)[C@@H](OC(C)=O)C2(C)C12CO2. The summed E-state index contributed by atoms with van der Waals surface area (Å²) < 4.78 is 29.4. The van der Waals surface area contributed by atoms with Crippen molar-refractivity contribution >= 4 is 17.9 Å². The maximum absolute atomic E-state index is 12.5. The van der Waals surface area contributed by atoms with E-state index in [1.54, 1.807) is 0 Å². The number of fused-ring (bicyclic) bond motifs is 2. The largest absolute Gasteiger partial charge is 0.465 e. The van der Waals surface area contributed by atoms with Gasteiger partial charge in [0.05, 0.1) is 23.5 Å². The number of rotatable bonds is 6. The highest BCUT2D eigenvalue weighted by atomic mass is 16.7. The first-order valence-corrected chi connectivity index (χ1v) is 11.5. The number of esters is 3. The number of epoxide rings is 1. The molecular weight excluding hydrogens is 432 g/mol. The van der Waals surface area contributed by atoms with Crippen LogP contribution in [0.4, 0.5) is 0 Å². The van der Waals surface area contributed by atoms with Crippen LogP contribution in [0.15, 0.2) is 11.6 Å². The Morgan fingerprint density at radius 3 is 2.42 bits per heavy atom. The lowest BCUT2D eigenvalue weighted by Crippen LogP contribution is -2.68. The fourth-order valence-corrected chi connectivity index (χ4v) is 6.26. The van der Waals surface area contributed by atoms with Crippen LogP contribution < -0.4 is 0 Å². The Kier molecular flexibility index (Phi) is 5.90. The van der Waals surface area contributed by atoms with Crippen LogP contribution in [0.3, 0.4) is 0 Å². The second kappa shape index (κ2) is 8.06. The first kappa shape index (κ1) is 24.2. The van der Waals surface area contributed by atoms with Crippen molar-refractivity contribution in [2.75, 3.05) is 13.2 Å². The number of hydrogen-bond donors (Lipinski definition) is 1. The van der Waals surface area contributed by atoms with Crippen LogP contribution in [0, 0.1) is 16.7 Å². The van der Waals surface area contributed by atoms with Gasteiger partial charge in [-0.3, -0.25) is 14.4 Å². The molecule has 2 aliphatic heterocycles. The van der Waals surface area contributed by atoms with Crippen LogP contribution in [0.1, 0.15) is 54.4 Å². The smallest absolute Gasteiger partial charge is 0.306 e. The molecule has 2 saturated heterocycles. The van der Waals surface area contributed by atoms with Crippen molar-refractivity contribution in [3.05, 3.63) is 11.6 Å². The van der Waals surface area contributed by atoms with E-state index in [-0.39, 0.29) is 31.3 Å². The Hall–Kier alpha value is -1.97. The summed E-state index contributed by atoms with van der Waals surface area (Å²) in [6.45, 7) is 10.5. The quantitative estimate of drug-likeness (QED) is 0.270. The van der Waals surface area contributed by atoms with Crippen LogP contribution in [-0.4, -0.2) is 72.3 Å². The molecule has 184 valence electrons. The zero-order chi connectivity index (χ0) is 24.3. The minimum atomic E-state index is -1.11. The molecule has 2 bridgehead atoms. The Morgan fingerprint density at radius 2 is 1.88 bits per heavy atom. The van der Waals surface area contributed by atoms with E-state index in [4.69, 9.17) is 23.7 Å². The molecule has 4 aliphatic rings. The van der Waals surface area contributed by atoms with Crippen molar-refractivity contribution in [2.24, 2.45) is 16.7 Å². The first-order chi connectivity index (χ1) is 15.4. The third-order valence-corrected chi connectivity index (χ3v) is 8.00. The van der Waals surface area contributed by atoms with Crippen molar-refractivity contribution < 1.29 is 43.2 Å². The molecule has 1 saturated carbocycles. The molecule has 0 aromatic rings. The number of ether oxygens (including phenoxy) is 5. The average Bonchev–Trinajstić information content (AvgIpc) is 3.48. The predicted octanol–water partition coefficient (Wildman–Crippen LogP) is 1.69. The van der Waals surface area contributed by atoms with Crippen LogP contribution in [0.2, 0.25) is 0 Å². The van der Waals surface area contributed by atoms with Gasteiger partial charge in [-0.05, 0) is 18.4 Å². The van der Waals surface area contributed by atoms with Gasteiger partial charge >= 0.3 is 17.9 Å². The summed E-state index contributed by atoms with van der Waals surface area (Å²) in [5.74, 6) is -1.18. The standard InChI is InChI=1S/C24H34O9/c1-12(2)7-18(27)32-16-9-23(10-29-14(4)25)17(8-13(16)3)33-21-19(28)20(31-15(5)26)22(23,6)24(21)11-30-24/h8,12,16-17,19-21,28H,7,9-11H2,1-6H3/t16-,17?,19+,20+,21?,22?,23+,24?/m0/s1. The molecule has 4 unspecified atom stereocenters. The second-order valence-electron chi connectivity index (χ2n) is 10.5. The van der Waals surface area contributed by atoms with Gasteiger partial charge in [-0.1, -0.05) is 26.8 Å². The summed E-state index contributed by atoms with van der Waals surface area (Å²) in [6.07, 6.45) is -1.46. The van der Waals surface area contributed by atoms with Gasteiger partial charge in [0.1, 0.15) is 36.6 Å². The van der Waals surface area contributed by atoms with E-state index in [2.05, 4.69) is 0 Å². The Bertz CT molecular complexity index is 875. The van der Waals surface area contributed by atoms with E-state index in [1.165, 1.54) is 13.8 Å². The molecule has 9 nitrogen and oxygen atoms in total. The zero-order valence-electron chi connectivity index (χ0n) is 20.1. The number of aliphatic hydroxyl groups excluding tert-OH is 1. The number of aliphatic hydroxyl groups is 1. The molecule has 9 heteroatoms. The Labute approximate surface area is 193 Å². The summed E-state index contributed by atoms with van der Waals surface area (Å²) in [4.78, 5) is 36.4. The van der Waals surface area contributed by atoms with Gasteiger partial charge in [0.25, 0.3) is 0 Å². The third-order valence-electron chi connectivity index (χ3n) is 8.00. The maximum Gasteiger partial charge on any atom is 0.306 e. The summed E-state index contributed by atoms with van der Waals surface area (Å²) in [7, 11) is 0. The van der Waals surface area contributed by atoms with Crippen molar-refractivity contribution in [2.45, 2.75) is 90.5 Å². The van der Waals surface area contributed by atoms with Crippen molar-refractivity contribution in [1.82, 2.24) is 0 Å². The Morgan fingerprint density at radius 1 is 1.21 bits per heavy atom. The molecule has 2 heterocycles. The minimum absolute atomic E-state index is 0.0617. The van der Waals surface area contributed by atoms with Crippen LogP contribution >= 0.6 is 0 Å². The second-order valence-corrected chi connectivity index (χ2v) is 10.5. The average molecular weight is 467 g/mol. The summed E-state index contributed by atoms with van der Waals surface area (Å²) in [6, 6.07) is 0. The zero-order valence-corrected chi connectivity index (χ0v) is 20.1. The molecule has 1 N–H and O–H groups in total. The van der Waals surface area contributed by atoms with Gasteiger partial charge in [0, 0.05) is 26.7 Å². The van der Waals surface area contributed by atoms with Crippen molar-refractivity contribution in [3.8, 4) is 0 Å². The minimum Gasteiger partial charge on any atom is -0.465 e. The number of carbonyl (C=O) groups excluding carboxylic acids is 3. The molecule has 0 amide bonds. The molecule has 0 aromatic heterocycles. The number of carbonyl (C=O) groups is 3. The molecule has 0 aromatic carbocycles. The Balaban J connectivity index is 1.79. The summed E-state index contributed by atoms with van der Waals surface area (Å²) in [5, 5.41) is 11.2. The van der Waals surface area contributed by atoms with Gasteiger partial charge in [0.15, 0.2) is 0 Å². The van der Waals surface area contributed by atoms with Crippen LogP contribution in [-0.2, 0) is 38.1 Å². The van der Waals surface area contributed by atoms with E-state index >= 15 is 0 Å². The molecule has 4 rings (SSSR count). The van der Waals surface area contributed by atoms with E-state index in [1.807, 2.05) is 33.8 Å². The van der Waals surface area contributed by atoms with E-state index < -0.39 is 58.9 Å². The molecule has 33 heavy (non-hydrogen) atoms. The molecular formula is C24H34O9. The molecule has 0 radical (unpaired) electrons. The highest BCUT2D eigenvalue weighted by Gasteiger charge is 2.86. The van der Waals surface area contributed by atoms with E-state index in [0.717, 1.165) is 5.57 Å². The van der Waals surface area contributed by atoms with E-state index in [9.17, 15) is 19.5 Å². The molecule has 8 atom stereocenters. The lowest BCUT2D eigenvalue weighted by Gasteiger charge is -2.58. The first-order valence-electron chi connectivity index (χ1n) is 11.5. The lowest BCUT2D eigenvalue weighted by atomic mass is 9.51. The molecule has 2 aliphatic carbocycles. The molecule has 1 spiro atoms. The van der Waals surface area contributed by atoms with Crippen LogP contribution in [0.5, 0.6) is 0 Å². The van der Waals surface area contributed by atoms with Crippen molar-refractivity contribution in [1.29, 1.82) is 0 Å². The molecule has 3 fully saturated rings. The van der Waals surface area contributed by atoms with Gasteiger partial charge in [-0.25, -0.2) is 0 Å². The fraction of sp³-hybridized carbons (Fsp3) is 0.792. The highest BCUT2D eigenvalue weighted by Crippen LogP contribution is 2.72. The maximum atomic E-state index is 12.5. The summed E-state index contributed by atoms with van der Waals surface area (Å²) >= 11 is 0. The van der Waals surface area contributed by atoms with Crippen LogP contribution in [0.25, 0.3) is 0 Å². The fourth-order valence-electron chi connectivity index (χ4n) is 6.26.